The first-order valence-electron chi connectivity index (χ1n) is 11.0. The number of fused-ring (bicyclic) bond motifs is 2. The molecule has 6 rings (SSSR count). The van der Waals surface area contributed by atoms with E-state index < -0.39 is 24.7 Å². The van der Waals surface area contributed by atoms with Crippen LogP contribution in [0.2, 0.25) is 0 Å². The molecule has 0 unspecified atom stereocenters. The number of halogens is 5. The summed E-state index contributed by atoms with van der Waals surface area (Å²) in [7, 11) is 1.39. The number of alkyl halides is 5. The summed E-state index contributed by atoms with van der Waals surface area (Å²) in [5.41, 5.74) is 1.25. The number of nitrogens with one attached hydrogen (secondary N) is 1. The van der Waals surface area contributed by atoms with Crippen LogP contribution in [-0.2, 0) is 14.9 Å². The molecule has 3 fully saturated rings. The molecular weight excluding hydrogens is 523 g/mol. The number of carbonyl (C=O) groups excluding carboxylic acids is 1. The van der Waals surface area contributed by atoms with Gasteiger partial charge in [-0.1, -0.05) is 0 Å². The lowest BCUT2D eigenvalue weighted by Crippen LogP contribution is -2.45. The first kappa shape index (κ1) is 27.0. The van der Waals surface area contributed by atoms with Crippen LogP contribution in [0.4, 0.5) is 27.6 Å². The van der Waals surface area contributed by atoms with Crippen LogP contribution in [0, 0.1) is 0 Å². The van der Waals surface area contributed by atoms with E-state index in [1.165, 1.54) is 31.6 Å². The van der Waals surface area contributed by atoms with Crippen molar-refractivity contribution in [3.63, 3.8) is 0 Å². The second-order valence-corrected chi connectivity index (χ2v) is 9.01. The number of anilines is 1. The standard InChI is InChI=1S/C21H20F2N4O4.C2HF3O2/c1-20-9-21(10-20,11-30-20)15-8-27-7-13(14(31-19(22)23)6-16(27)26-15)25-17(28)12-4-3-5-24-18(12)29-2;3-2(4,5)1(6)7/h3-8,19H,9-11H2,1-2H3,(H,25,28);(H,6,7). The van der Waals surface area contributed by atoms with Gasteiger partial charge in [0.25, 0.3) is 5.91 Å². The fourth-order valence-electron chi connectivity index (χ4n) is 4.63. The van der Waals surface area contributed by atoms with Crippen molar-refractivity contribution in [2.24, 2.45) is 0 Å². The maximum Gasteiger partial charge on any atom is 0.490 e. The average Bonchev–Trinajstić information content (AvgIpc) is 3.49. The summed E-state index contributed by atoms with van der Waals surface area (Å²) in [5, 5.41) is 9.74. The summed E-state index contributed by atoms with van der Waals surface area (Å²) >= 11 is 0. The Morgan fingerprint density at radius 2 is 1.95 bits per heavy atom. The maximum atomic E-state index is 13.0. The molecule has 0 atom stereocenters. The van der Waals surface area contributed by atoms with E-state index in [0.29, 0.717) is 12.3 Å². The number of amides is 1. The molecule has 204 valence electrons. The smallest absolute Gasteiger partial charge is 0.480 e. The summed E-state index contributed by atoms with van der Waals surface area (Å²) in [6, 6.07) is 4.49. The second-order valence-electron chi connectivity index (χ2n) is 9.01. The largest absolute Gasteiger partial charge is 0.490 e. The number of hydrogen-bond donors (Lipinski definition) is 2. The molecule has 10 nitrogen and oxygen atoms in total. The molecule has 0 aromatic carbocycles. The van der Waals surface area contributed by atoms with Gasteiger partial charge in [-0.25, -0.2) is 14.8 Å². The van der Waals surface area contributed by atoms with Crippen LogP contribution in [0.25, 0.3) is 5.65 Å². The minimum absolute atomic E-state index is 0.0753. The van der Waals surface area contributed by atoms with E-state index in [-0.39, 0.29) is 33.9 Å². The van der Waals surface area contributed by atoms with Crippen molar-refractivity contribution in [3.8, 4) is 11.6 Å². The van der Waals surface area contributed by atoms with Crippen LogP contribution in [0.15, 0.2) is 36.8 Å². The molecule has 38 heavy (non-hydrogen) atoms. The molecule has 1 amide bonds. The molecule has 2 aliphatic heterocycles. The zero-order valence-electron chi connectivity index (χ0n) is 19.9. The van der Waals surface area contributed by atoms with Crippen molar-refractivity contribution in [1.82, 2.24) is 14.4 Å². The highest BCUT2D eigenvalue weighted by Crippen LogP contribution is 2.58. The second kappa shape index (κ2) is 9.70. The van der Waals surface area contributed by atoms with E-state index in [1.807, 2.05) is 6.20 Å². The predicted molar refractivity (Wildman–Crippen MR) is 120 cm³/mol. The number of carbonyl (C=O) groups is 2. The molecule has 0 spiro atoms. The molecule has 2 saturated heterocycles. The van der Waals surface area contributed by atoms with Crippen molar-refractivity contribution in [2.45, 2.75) is 43.6 Å². The number of rotatable bonds is 6. The van der Waals surface area contributed by atoms with E-state index in [4.69, 9.17) is 19.4 Å². The predicted octanol–water partition coefficient (Wildman–Crippen LogP) is 4.05. The van der Waals surface area contributed by atoms with Gasteiger partial charge in [-0.2, -0.15) is 22.0 Å². The van der Waals surface area contributed by atoms with Crippen molar-refractivity contribution in [3.05, 3.63) is 48.0 Å². The van der Waals surface area contributed by atoms with Crippen LogP contribution in [-0.4, -0.2) is 63.5 Å². The molecule has 3 aromatic heterocycles. The minimum atomic E-state index is -5.08. The van der Waals surface area contributed by atoms with E-state index in [0.717, 1.165) is 18.5 Å². The number of pyridine rings is 2. The number of carboxylic acids is 1. The fourth-order valence-corrected chi connectivity index (χ4v) is 4.63. The lowest BCUT2D eigenvalue weighted by Gasteiger charge is -2.41. The minimum Gasteiger partial charge on any atom is -0.480 e. The van der Waals surface area contributed by atoms with E-state index in [9.17, 15) is 26.7 Å². The van der Waals surface area contributed by atoms with Crippen molar-refractivity contribution >= 4 is 23.2 Å². The number of aliphatic carboxylic acids is 1. The van der Waals surface area contributed by atoms with Gasteiger partial charge in [0.2, 0.25) is 5.88 Å². The third kappa shape index (κ3) is 5.32. The van der Waals surface area contributed by atoms with Gasteiger partial charge in [-0.05, 0) is 31.9 Å². The Balaban J connectivity index is 0.000000426. The summed E-state index contributed by atoms with van der Waals surface area (Å²) < 4.78 is 75.1. The molecule has 2 N–H and O–H groups in total. The number of imidazole rings is 1. The molecule has 5 heterocycles. The Kier molecular flexibility index (Phi) is 6.90. The number of ether oxygens (including phenoxy) is 3. The van der Waals surface area contributed by atoms with Gasteiger partial charge in [0.05, 0.1) is 25.0 Å². The van der Waals surface area contributed by atoms with Gasteiger partial charge in [0.15, 0.2) is 5.75 Å². The third-order valence-corrected chi connectivity index (χ3v) is 6.14. The number of nitrogens with zero attached hydrogens (tertiary/aromatic N) is 3. The van der Waals surface area contributed by atoms with Gasteiger partial charge < -0.3 is 29.0 Å². The number of aromatic nitrogens is 3. The number of methoxy groups -OCH3 is 1. The molecule has 2 bridgehead atoms. The van der Waals surface area contributed by atoms with Gasteiger partial charge in [-0.15, -0.1) is 0 Å². The summed E-state index contributed by atoms with van der Waals surface area (Å²) in [6.45, 7) is -0.407. The summed E-state index contributed by atoms with van der Waals surface area (Å²) in [4.78, 5) is 30.3. The van der Waals surface area contributed by atoms with Crippen LogP contribution < -0.4 is 14.8 Å². The van der Waals surface area contributed by atoms with Crippen molar-refractivity contribution in [2.75, 3.05) is 19.0 Å². The highest BCUT2D eigenvalue weighted by Gasteiger charge is 2.61. The van der Waals surface area contributed by atoms with E-state index >= 15 is 0 Å². The summed E-state index contributed by atoms with van der Waals surface area (Å²) in [6.07, 6.45) is 1.49. The molecule has 15 heteroatoms. The molecule has 3 aliphatic rings. The average molecular weight is 544 g/mol. The van der Waals surface area contributed by atoms with Gasteiger partial charge in [0, 0.05) is 30.1 Å². The van der Waals surface area contributed by atoms with Crippen molar-refractivity contribution < 1.29 is 50.9 Å². The van der Waals surface area contributed by atoms with E-state index in [2.05, 4.69) is 26.9 Å². The SMILES string of the molecule is COc1ncccc1C(=O)Nc1cn2cc(C34COC(C)(C3)C4)nc2cc1OC(F)F.O=C(O)C(F)(F)F. The normalized spacial score (nSPS) is 21.9. The number of carboxylic acid groups (broad SMARTS) is 1. The molecule has 1 saturated carbocycles. The monoisotopic (exact) mass is 544 g/mol. The lowest BCUT2D eigenvalue weighted by molar-refractivity contribution is -0.192. The van der Waals surface area contributed by atoms with Gasteiger partial charge in [0.1, 0.15) is 16.9 Å². The first-order chi connectivity index (χ1) is 17.7. The Labute approximate surface area is 211 Å². The maximum absolute atomic E-state index is 13.0. The highest BCUT2D eigenvalue weighted by molar-refractivity contribution is 6.06. The molecule has 0 radical (unpaired) electrons. The zero-order chi connectivity index (χ0) is 27.9. The van der Waals surface area contributed by atoms with Gasteiger partial charge in [-0.3, -0.25) is 4.79 Å². The topological polar surface area (TPSA) is 124 Å². The lowest BCUT2D eigenvalue weighted by atomic mass is 9.62. The highest BCUT2D eigenvalue weighted by atomic mass is 19.4. The molecule has 3 aromatic rings. The quantitative estimate of drug-likeness (QED) is 0.446. The van der Waals surface area contributed by atoms with E-state index in [1.54, 1.807) is 10.5 Å². The number of hydrogen-bond acceptors (Lipinski definition) is 7. The zero-order valence-corrected chi connectivity index (χ0v) is 19.9. The Morgan fingerprint density at radius 1 is 1.26 bits per heavy atom. The molecular formula is C23H21F5N4O6. The van der Waals surface area contributed by atoms with Crippen LogP contribution in [0.3, 0.4) is 0 Å². The van der Waals surface area contributed by atoms with Gasteiger partial charge >= 0.3 is 18.8 Å². The Bertz CT molecular complexity index is 1370. The molecule has 1 aliphatic carbocycles. The Hall–Kier alpha value is -4.01. The van der Waals surface area contributed by atoms with Crippen LogP contribution in [0.1, 0.15) is 35.8 Å². The third-order valence-electron chi connectivity index (χ3n) is 6.14. The summed E-state index contributed by atoms with van der Waals surface area (Å²) in [5.74, 6) is -3.39. The fraction of sp³-hybridized carbons (Fsp3) is 0.391. The van der Waals surface area contributed by atoms with Crippen molar-refractivity contribution in [1.29, 1.82) is 0 Å². The Morgan fingerprint density at radius 3 is 2.50 bits per heavy atom. The first-order valence-corrected chi connectivity index (χ1v) is 11.0. The van der Waals surface area contributed by atoms with Crippen LogP contribution in [0.5, 0.6) is 11.6 Å². The van der Waals surface area contributed by atoms with Crippen LogP contribution >= 0.6 is 0 Å².